The molecule has 0 aliphatic carbocycles. The minimum atomic E-state index is -1.37. The Morgan fingerprint density at radius 3 is 2.59 bits per heavy atom. The predicted octanol–water partition coefficient (Wildman–Crippen LogP) is 5.29. The van der Waals surface area contributed by atoms with Crippen molar-refractivity contribution in [1.82, 2.24) is 0 Å². The Labute approximate surface area is 160 Å². The fraction of sp³-hybridized carbons (Fsp3) is 0.636. The van der Waals surface area contributed by atoms with Crippen LogP contribution < -0.4 is 0 Å². The van der Waals surface area contributed by atoms with E-state index >= 15 is 0 Å². The lowest BCUT2D eigenvalue weighted by molar-refractivity contribution is -0.266. The van der Waals surface area contributed by atoms with Crippen molar-refractivity contribution >= 4 is 0 Å². The molecule has 1 aromatic rings. The van der Waals surface area contributed by atoms with Crippen molar-refractivity contribution in [3.8, 4) is 0 Å². The van der Waals surface area contributed by atoms with Crippen LogP contribution in [-0.4, -0.2) is 31.8 Å². The molecule has 5 heteroatoms. The molecule has 2 heterocycles. The number of halogens is 2. The van der Waals surface area contributed by atoms with Gasteiger partial charge in [-0.3, -0.25) is 0 Å². The summed E-state index contributed by atoms with van der Waals surface area (Å²) in [5, 5.41) is 0. The third-order valence-electron chi connectivity index (χ3n) is 5.47. The second-order valence-corrected chi connectivity index (χ2v) is 7.73. The number of hydrogen-bond donors (Lipinski definition) is 0. The van der Waals surface area contributed by atoms with E-state index < -0.39 is 12.0 Å². The zero-order valence-electron chi connectivity index (χ0n) is 16.1. The van der Waals surface area contributed by atoms with E-state index in [1.807, 2.05) is 19.1 Å². The lowest BCUT2D eigenvalue weighted by Gasteiger charge is -2.39. The molecular weight excluding hydrogens is 350 g/mol. The van der Waals surface area contributed by atoms with E-state index in [0.29, 0.717) is 25.0 Å². The largest absolute Gasteiger partial charge is 0.373 e. The van der Waals surface area contributed by atoms with Gasteiger partial charge >= 0.3 is 0 Å². The number of allylic oxidation sites excluding steroid dienone is 1. The maximum absolute atomic E-state index is 14.4. The summed E-state index contributed by atoms with van der Waals surface area (Å²) in [6, 6.07) is 5.37. The van der Waals surface area contributed by atoms with Gasteiger partial charge in [-0.2, -0.15) is 0 Å². The SMILES string of the molecule is C=CCCc1ccc(C2CCC(C3OCC(F)(CCC)CO3)CO2)cc1F. The zero-order chi connectivity index (χ0) is 19.3. The molecule has 0 bridgehead atoms. The van der Waals surface area contributed by atoms with Gasteiger partial charge in [0.15, 0.2) is 12.0 Å². The van der Waals surface area contributed by atoms with Gasteiger partial charge in [0.05, 0.1) is 25.9 Å². The summed E-state index contributed by atoms with van der Waals surface area (Å²) in [5.74, 6) is -0.0987. The molecule has 0 spiro atoms. The van der Waals surface area contributed by atoms with Crippen molar-refractivity contribution in [2.75, 3.05) is 19.8 Å². The van der Waals surface area contributed by atoms with Gasteiger partial charge < -0.3 is 14.2 Å². The highest BCUT2D eigenvalue weighted by atomic mass is 19.1. The molecular formula is C22H30F2O3. The Balaban J connectivity index is 1.51. The molecule has 0 radical (unpaired) electrons. The molecule has 0 N–H and O–H groups in total. The fourth-order valence-electron chi connectivity index (χ4n) is 3.89. The summed E-state index contributed by atoms with van der Waals surface area (Å²) in [7, 11) is 0. The summed E-state index contributed by atoms with van der Waals surface area (Å²) in [4.78, 5) is 0. The molecule has 1 aromatic carbocycles. The van der Waals surface area contributed by atoms with Crippen LogP contribution in [0.15, 0.2) is 30.9 Å². The molecule has 2 fully saturated rings. The van der Waals surface area contributed by atoms with Gasteiger partial charge in [0, 0.05) is 5.92 Å². The number of benzene rings is 1. The number of rotatable bonds is 7. The summed E-state index contributed by atoms with van der Waals surface area (Å²) in [6.07, 6.45) is 5.53. The van der Waals surface area contributed by atoms with Crippen molar-refractivity contribution < 1.29 is 23.0 Å². The average Bonchev–Trinajstić information content (AvgIpc) is 2.68. The van der Waals surface area contributed by atoms with Crippen LogP contribution in [0.5, 0.6) is 0 Å². The molecule has 150 valence electrons. The monoisotopic (exact) mass is 380 g/mol. The summed E-state index contributed by atoms with van der Waals surface area (Å²) < 4.78 is 46.0. The third-order valence-corrected chi connectivity index (χ3v) is 5.47. The zero-order valence-corrected chi connectivity index (χ0v) is 16.1. The Morgan fingerprint density at radius 1 is 1.22 bits per heavy atom. The molecule has 0 amide bonds. The molecule has 3 rings (SSSR count). The maximum Gasteiger partial charge on any atom is 0.162 e. The van der Waals surface area contributed by atoms with Crippen molar-refractivity contribution in [3.05, 3.63) is 47.8 Å². The predicted molar refractivity (Wildman–Crippen MR) is 101 cm³/mol. The second-order valence-electron chi connectivity index (χ2n) is 7.73. The Morgan fingerprint density at radius 2 is 2.00 bits per heavy atom. The first-order valence-electron chi connectivity index (χ1n) is 9.97. The van der Waals surface area contributed by atoms with E-state index in [0.717, 1.165) is 31.2 Å². The fourth-order valence-corrected chi connectivity index (χ4v) is 3.89. The van der Waals surface area contributed by atoms with Crippen LogP contribution in [0.3, 0.4) is 0 Å². The van der Waals surface area contributed by atoms with Gasteiger partial charge in [-0.05, 0) is 49.3 Å². The van der Waals surface area contributed by atoms with Crippen LogP contribution in [-0.2, 0) is 20.6 Å². The van der Waals surface area contributed by atoms with E-state index in [2.05, 4.69) is 6.58 Å². The summed E-state index contributed by atoms with van der Waals surface area (Å²) in [5.41, 5.74) is 0.205. The molecule has 2 aliphatic heterocycles. The first-order chi connectivity index (χ1) is 13.0. The van der Waals surface area contributed by atoms with Crippen LogP contribution in [0, 0.1) is 11.7 Å². The Kier molecular flexibility index (Phi) is 7.01. The Bertz CT molecular complexity index is 618. The highest BCUT2D eigenvalue weighted by molar-refractivity contribution is 5.26. The Hall–Kier alpha value is -1.30. The molecule has 27 heavy (non-hydrogen) atoms. The lowest BCUT2D eigenvalue weighted by Crippen LogP contribution is -2.47. The van der Waals surface area contributed by atoms with Gasteiger partial charge in [0.25, 0.3) is 0 Å². The van der Waals surface area contributed by atoms with Gasteiger partial charge in [-0.25, -0.2) is 8.78 Å². The van der Waals surface area contributed by atoms with Crippen LogP contribution in [0.1, 0.15) is 56.3 Å². The molecule has 3 nitrogen and oxygen atoms in total. The summed E-state index contributed by atoms with van der Waals surface area (Å²) >= 11 is 0. The van der Waals surface area contributed by atoms with Crippen LogP contribution in [0.2, 0.25) is 0 Å². The minimum absolute atomic E-state index is 0.0861. The lowest BCUT2D eigenvalue weighted by atomic mass is 9.92. The number of hydrogen-bond acceptors (Lipinski definition) is 3. The third kappa shape index (κ3) is 5.15. The van der Waals surface area contributed by atoms with Gasteiger partial charge in [-0.15, -0.1) is 6.58 Å². The summed E-state index contributed by atoms with van der Waals surface area (Å²) in [6.45, 7) is 6.28. The van der Waals surface area contributed by atoms with E-state index in [1.54, 1.807) is 12.1 Å². The first-order valence-corrected chi connectivity index (χ1v) is 9.97. The molecule has 0 aromatic heterocycles. The standard InChI is InChI=1S/C22H30F2O3/c1-3-5-6-16-7-8-17(12-19(16)23)20-10-9-18(13-25-20)21-26-14-22(24,11-4-2)15-27-21/h3,7-8,12,18,20-21H,1,4-6,9-11,13-15H2,2H3. The first kappa shape index (κ1) is 20.4. The van der Waals surface area contributed by atoms with Gasteiger partial charge in [0.2, 0.25) is 0 Å². The number of ether oxygens (including phenoxy) is 3. The van der Waals surface area contributed by atoms with Crippen LogP contribution in [0.4, 0.5) is 8.78 Å². The topological polar surface area (TPSA) is 27.7 Å². The second kappa shape index (κ2) is 9.26. The van der Waals surface area contributed by atoms with Crippen molar-refractivity contribution in [3.63, 3.8) is 0 Å². The molecule has 2 aliphatic rings. The molecule has 0 saturated carbocycles. The van der Waals surface area contributed by atoms with Crippen molar-refractivity contribution in [2.45, 2.75) is 63.5 Å². The average molecular weight is 380 g/mol. The number of alkyl halides is 1. The molecule has 2 atom stereocenters. The molecule has 2 saturated heterocycles. The van der Waals surface area contributed by atoms with Crippen LogP contribution in [0.25, 0.3) is 0 Å². The maximum atomic E-state index is 14.4. The van der Waals surface area contributed by atoms with Gasteiger partial charge in [0.1, 0.15) is 5.82 Å². The number of aryl methyl sites for hydroxylation is 1. The van der Waals surface area contributed by atoms with Crippen molar-refractivity contribution in [1.29, 1.82) is 0 Å². The minimum Gasteiger partial charge on any atom is -0.373 e. The van der Waals surface area contributed by atoms with Crippen molar-refractivity contribution in [2.24, 2.45) is 5.92 Å². The highest BCUT2D eigenvalue weighted by Gasteiger charge is 2.40. The van der Waals surface area contributed by atoms with E-state index in [4.69, 9.17) is 14.2 Å². The van der Waals surface area contributed by atoms with Gasteiger partial charge in [-0.1, -0.05) is 31.6 Å². The normalized spacial score (nSPS) is 31.6. The van der Waals surface area contributed by atoms with E-state index in [9.17, 15) is 8.78 Å². The molecule has 2 unspecified atom stereocenters. The van der Waals surface area contributed by atoms with Crippen LogP contribution >= 0.6 is 0 Å². The highest BCUT2D eigenvalue weighted by Crippen LogP contribution is 2.36. The quantitative estimate of drug-likeness (QED) is 0.601. The van der Waals surface area contributed by atoms with E-state index in [1.165, 1.54) is 0 Å². The smallest absolute Gasteiger partial charge is 0.162 e. The van der Waals surface area contributed by atoms with E-state index in [-0.39, 0.29) is 31.1 Å².